The molecule has 3 aromatic carbocycles. The number of rotatable bonds is 12. The first-order chi connectivity index (χ1) is 19.0. The molecular formula is C27H29BrN4O6S2. The minimum Gasteiger partial charge on any atom is -0.493 e. The van der Waals surface area contributed by atoms with Crippen molar-refractivity contribution in [3.63, 3.8) is 0 Å². The quantitative estimate of drug-likeness (QED) is 0.221. The van der Waals surface area contributed by atoms with Gasteiger partial charge in [0.2, 0.25) is 21.8 Å². The van der Waals surface area contributed by atoms with E-state index in [9.17, 15) is 26.7 Å². The van der Waals surface area contributed by atoms with Crippen molar-refractivity contribution in [1.82, 2.24) is 14.8 Å². The van der Waals surface area contributed by atoms with Gasteiger partial charge in [0, 0.05) is 11.0 Å². The first-order valence-corrected chi connectivity index (χ1v) is 16.2. The molecule has 0 radical (unpaired) electrons. The van der Waals surface area contributed by atoms with Gasteiger partial charge in [-0.3, -0.25) is 4.79 Å². The maximum Gasteiger partial charge on any atom is 0.330 e. The van der Waals surface area contributed by atoms with E-state index in [1.165, 1.54) is 23.8 Å². The number of carbonyl (C=O) groups is 1. The second kappa shape index (κ2) is 12.9. The summed E-state index contributed by atoms with van der Waals surface area (Å²) in [4.78, 5) is 13.2. The number of unbranched alkanes of at least 4 members (excludes halogenated alkanes) is 1. The number of halogens is 1. The predicted octanol–water partition coefficient (Wildman–Crippen LogP) is 3.49. The van der Waals surface area contributed by atoms with Crippen molar-refractivity contribution in [3.8, 4) is 0 Å². The molecule has 1 amide bonds. The molecule has 0 saturated heterocycles. The Bertz CT molecular complexity index is 1580. The minimum atomic E-state index is -4.00. The molecular weight excluding hydrogens is 620 g/mol. The third-order valence-corrected chi connectivity index (χ3v) is 9.53. The highest BCUT2D eigenvalue weighted by atomic mass is 79.9. The van der Waals surface area contributed by atoms with Crippen LogP contribution in [0, 0.1) is 0 Å². The number of aryl methyl sites for hydroxylation is 1. The molecule has 212 valence electrons. The molecule has 0 fully saturated rings. The summed E-state index contributed by atoms with van der Waals surface area (Å²) in [5, 5.41) is 12.4. The van der Waals surface area contributed by atoms with E-state index in [1.54, 1.807) is 30.3 Å². The number of aliphatic hydroxyl groups excluding tert-OH is 1. The predicted molar refractivity (Wildman–Crippen MR) is 156 cm³/mol. The smallest absolute Gasteiger partial charge is 0.330 e. The molecule has 13 heteroatoms. The SMILES string of the molecule is O=C(NCCCCc1ccccc1)[C@H](Cc1ccc(N2C=C(O)NS2(=O)=O)c(Br)c1)NS(=O)(=O)c1ccccc1. The Labute approximate surface area is 242 Å². The zero-order valence-corrected chi connectivity index (χ0v) is 24.5. The van der Waals surface area contributed by atoms with E-state index in [1.807, 2.05) is 35.1 Å². The lowest BCUT2D eigenvalue weighted by atomic mass is 10.1. The highest BCUT2D eigenvalue weighted by Crippen LogP contribution is 2.32. The fourth-order valence-corrected chi connectivity index (χ4v) is 7.18. The number of amides is 1. The van der Waals surface area contributed by atoms with Gasteiger partial charge < -0.3 is 10.4 Å². The van der Waals surface area contributed by atoms with Gasteiger partial charge in [-0.1, -0.05) is 54.6 Å². The highest BCUT2D eigenvalue weighted by molar-refractivity contribution is 9.10. The normalized spacial score (nSPS) is 15.2. The van der Waals surface area contributed by atoms with Crippen LogP contribution in [0.2, 0.25) is 0 Å². The number of nitrogens with one attached hydrogen (secondary N) is 3. The lowest BCUT2D eigenvalue weighted by Crippen LogP contribution is -2.48. The second-order valence-corrected chi connectivity index (χ2v) is 13.2. The summed E-state index contributed by atoms with van der Waals surface area (Å²) >= 11 is 3.35. The third kappa shape index (κ3) is 7.62. The monoisotopic (exact) mass is 648 g/mol. The van der Waals surface area contributed by atoms with Crippen LogP contribution in [-0.4, -0.2) is 40.4 Å². The maximum absolute atomic E-state index is 13.2. The van der Waals surface area contributed by atoms with Crippen molar-refractivity contribution in [2.45, 2.75) is 36.6 Å². The molecule has 40 heavy (non-hydrogen) atoms. The maximum atomic E-state index is 13.2. The van der Waals surface area contributed by atoms with Crippen LogP contribution in [0.15, 0.2) is 100 Å². The summed E-state index contributed by atoms with van der Waals surface area (Å²) in [7, 11) is -8.00. The van der Waals surface area contributed by atoms with Crippen molar-refractivity contribution < 1.29 is 26.7 Å². The number of hydrogen-bond acceptors (Lipinski definition) is 6. The average molecular weight is 650 g/mol. The molecule has 1 aliphatic heterocycles. The lowest BCUT2D eigenvalue weighted by molar-refractivity contribution is -0.122. The van der Waals surface area contributed by atoms with Gasteiger partial charge in [0.05, 0.1) is 16.8 Å². The summed E-state index contributed by atoms with van der Waals surface area (Å²) in [5.74, 6) is -0.995. The van der Waals surface area contributed by atoms with Crippen molar-refractivity contribution in [3.05, 3.63) is 107 Å². The Balaban J connectivity index is 1.47. The number of nitrogens with zero attached hydrogens (tertiary/aromatic N) is 1. The molecule has 4 N–H and O–H groups in total. The van der Waals surface area contributed by atoms with Crippen molar-refractivity contribution in [2.24, 2.45) is 0 Å². The van der Waals surface area contributed by atoms with Gasteiger partial charge >= 0.3 is 10.2 Å². The Morgan fingerprint density at radius 1 is 0.975 bits per heavy atom. The topological polar surface area (TPSA) is 145 Å². The summed E-state index contributed by atoms with van der Waals surface area (Å²) in [5.41, 5.74) is 2.01. The zero-order chi connectivity index (χ0) is 28.8. The largest absolute Gasteiger partial charge is 0.493 e. The number of carbonyl (C=O) groups excluding carboxylic acids is 1. The Hall–Kier alpha value is -3.39. The fourth-order valence-electron chi connectivity index (χ4n) is 4.16. The molecule has 0 saturated carbocycles. The van der Waals surface area contributed by atoms with Crippen LogP contribution in [0.3, 0.4) is 0 Å². The van der Waals surface area contributed by atoms with E-state index in [0.29, 0.717) is 16.6 Å². The van der Waals surface area contributed by atoms with E-state index in [0.717, 1.165) is 29.8 Å². The first-order valence-electron chi connectivity index (χ1n) is 12.5. The Morgan fingerprint density at radius 3 is 2.27 bits per heavy atom. The van der Waals surface area contributed by atoms with Gasteiger partial charge in [-0.25, -0.2) is 17.4 Å². The summed E-state index contributed by atoms with van der Waals surface area (Å²) in [6, 6.07) is 21.4. The van der Waals surface area contributed by atoms with Crippen LogP contribution >= 0.6 is 15.9 Å². The Kier molecular flexibility index (Phi) is 9.51. The summed E-state index contributed by atoms with van der Waals surface area (Å²) in [6.07, 6.45) is 3.48. The number of anilines is 1. The lowest BCUT2D eigenvalue weighted by Gasteiger charge is -2.20. The second-order valence-electron chi connectivity index (χ2n) is 9.13. The van der Waals surface area contributed by atoms with Gasteiger partial charge in [0.1, 0.15) is 6.04 Å². The van der Waals surface area contributed by atoms with Crippen LogP contribution in [-0.2, 0) is 37.9 Å². The molecule has 0 aromatic heterocycles. The first kappa shape index (κ1) is 29.6. The minimum absolute atomic E-state index is 0.00683. The summed E-state index contributed by atoms with van der Waals surface area (Å²) < 4.78 is 56.3. The molecule has 3 aromatic rings. The van der Waals surface area contributed by atoms with Crippen molar-refractivity contribution in [2.75, 3.05) is 10.8 Å². The van der Waals surface area contributed by atoms with Gasteiger partial charge in [-0.2, -0.15) is 13.1 Å². The molecule has 1 atom stereocenters. The molecule has 10 nitrogen and oxygen atoms in total. The van der Waals surface area contributed by atoms with Crippen LogP contribution < -0.4 is 19.1 Å². The molecule has 1 heterocycles. The van der Waals surface area contributed by atoms with Crippen molar-refractivity contribution >= 4 is 47.8 Å². The number of aliphatic hydroxyl groups is 1. The van der Waals surface area contributed by atoms with Gasteiger partial charge in [-0.15, -0.1) is 0 Å². The van der Waals surface area contributed by atoms with Gasteiger partial charge in [-0.05, 0) is 77.0 Å². The molecule has 0 aliphatic carbocycles. The van der Waals surface area contributed by atoms with Crippen LogP contribution in [0.4, 0.5) is 5.69 Å². The molecule has 0 spiro atoms. The van der Waals surface area contributed by atoms with Crippen LogP contribution in [0.1, 0.15) is 24.0 Å². The molecule has 0 bridgehead atoms. The van der Waals surface area contributed by atoms with Gasteiger partial charge in [0.15, 0.2) is 0 Å². The standard InChI is InChI=1S/C27H29BrN4O6S2/c28-23-17-21(14-15-25(23)32-19-26(33)31-40(32,37)38)18-24(30-39(35,36)22-12-5-2-6-13-22)27(34)29-16-8-7-11-20-9-3-1-4-10-20/h1-6,9-10,12-15,17,19,24,30-31,33H,7-8,11,16,18H2,(H,29,34)/t24-/m0/s1. The summed E-state index contributed by atoms with van der Waals surface area (Å²) in [6.45, 7) is 0.382. The van der Waals surface area contributed by atoms with Gasteiger partial charge in [0.25, 0.3) is 0 Å². The van der Waals surface area contributed by atoms with E-state index in [-0.39, 0.29) is 17.0 Å². The average Bonchev–Trinajstić information content (AvgIpc) is 3.20. The van der Waals surface area contributed by atoms with E-state index in [4.69, 9.17) is 0 Å². The molecule has 1 aliphatic rings. The zero-order valence-electron chi connectivity index (χ0n) is 21.3. The number of sulfonamides is 1. The third-order valence-electron chi connectivity index (χ3n) is 6.12. The number of hydrogen-bond donors (Lipinski definition) is 4. The fraction of sp³-hybridized carbons (Fsp3) is 0.222. The van der Waals surface area contributed by atoms with Crippen LogP contribution in [0.25, 0.3) is 0 Å². The van der Waals surface area contributed by atoms with Crippen LogP contribution in [0.5, 0.6) is 0 Å². The molecule has 4 rings (SSSR count). The van der Waals surface area contributed by atoms with E-state index < -0.39 is 38.1 Å². The Morgan fingerprint density at radius 2 is 1.65 bits per heavy atom. The van der Waals surface area contributed by atoms with Crippen molar-refractivity contribution in [1.29, 1.82) is 0 Å². The van der Waals surface area contributed by atoms with E-state index in [2.05, 4.69) is 26.0 Å². The number of benzene rings is 3. The molecule has 0 unspecified atom stereocenters. The van der Waals surface area contributed by atoms with E-state index >= 15 is 0 Å². The highest BCUT2D eigenvalue weighted by Gasteiger charge is 2.31.